The summed E-state index contributed by atoms with van der Waals surface area (Å²) < 4.78 is 13.6. The zero-order chi connectivity index (χ0) is 12.5. The van der Waals surface area contributed by atoms with Crippen LogP contribution < -0.4 is 5.32 Å². The van der Waals surface area contributed by atoms with Crippen LogP contribution in [0.5, 0.6) is 0 Å². The van der Waals surface area contributed by atoms with Crippen LogP contribution in [0.1, 0.15) is 23.6 Å². The molecule has 1 N–H and O–H groups in total. The van der Waals surface area contributed by atoms with Gasteiger partial charge < -0.3 is 5.32 Å². The molecule has 1 heterocycles. The number of aromatic nitrogens is 1. The van der Waals surface area contributed by atoms with Crippen molar-refractivity contribution in [1.29, 1.82) is 0 Å². The van der Waals surface area contributed by atoms with Crippen molar-refractivity contribution in [3.05, 3.63) is 58.6 Å². The predicted octanol–water partition coefficient (Wildman–Crippen LogP) is 3.97. The van der Waals surface area contributed by atoms with Gasteiger partial charge in [-0.25, -0.2) is 9.37 Å². The van der Waals surface area contributed by atoms with Crippen LogP contribution in [0.4, 0.5) is 10.1 Å². The molecule has 92 valence electrons. The summed E-state index contributed by atoms with van der Waals surface area (Å²) in [4.78, 5) is 3.94. The van der Waals surface area contributed by atoms with Gasteiger partial charge in [-0.15, -0.1) is 0 Å². The summed E-state index contributed by atoms with van der Waals surface area (Å²) >= 11 is 5.84. The molecular formula is C14H12ClFN2. The van der Waals surface area contributed by atoms with Gasteiger partial charge in [0.25, 0.3) is 0 Å². The minimum atomic E-state index is -0.107. The Labute approximate surface area is 110 Å². The first-order valence-corrected chi connectivity index (χ1v) is 6.27. The van der Waals surface area contributed by atoms with Gasteiger partial charge in [0, 0.05) is 11.9 Å². The molecule has 1 aliphatic carbocycles. The van der Waals surface area contributed by atoms with Crippen LogP contribution >= 0.6 is 11.6 Å². The molecule has 0 saturated heterocycles. The number of pyridine rings is 1. The number of fused-ring (bicyclic) bond motifs is 1. The normalized spacial score (nSPS) is 17.6. The van der Waals surface area contributed by atoms with Gasteiger partial charge in [0.2, 0.25) is 0 Å². The van der Waals surface area contributed by atoms with Gasteiger partial charge in [-0.2, -0.15) is 0 Å². The zero-order valence-corrected chi connectivity index (χ0v) is 10.4. The lowest BCUT2D eigenvalue weighted by atomic mass is 10.1. The first kappa shape index (κ1) is 11.5. The summed E-state index contributed by atoms with van der Waals surface area (Å²) in [5, 5.41) is 3.83. The van der Waals surface area contributed by atoms with Crippen molar-refractivity contribution in [2.75, 3.05) is 5.32 Å². The van der Waals surface area contributed by atoms with Gasteiger partial charge in [0.05, 0.1) is 6.04 Å². The monoisotopic (exact) mass is 262 g/mol. The van der Waals surface area contributed by atoms with Crippen molar-refractivity contribution in [2.45, 2.75) is 18.9 Å². The van der Waals surface area contributed by atoms with E-state index in [1.54, 1.807) is 18.3 Å². The fourth-order valence-corrected chi connectivity index (χ4v) is 2.63. The second kappa shape index (κ2) is 4.58. The molecule has 2 nitrogen and oxygen atoms in total. The highest BCUT2D eigenvalue weighted by molar-refractivity contribution is 6.29. The third-order valence-electron chi connectivity index (χ3n) is 3.28. The highest BCUT2D eigenvalue weighted by atomic mass is 35.5. The van der Waals surface area contributed by atoms with E-state index in [1.165, 1.54) is 6.07 Å². The van der Waals surface area contributed by atoms with Crippen molar-refractivity contribution in [2.24, 2.45) is 0 Å². The van der Waals surface area contributed by atoms with Gasteiger partial charge in [-0.3, -0.25) is 0 Å². The quantitative estimate of drug-likeness (QED) is 0.829. The molecule has 2 aromatic rings. The first-order valence-electron chi connectivity index (χ1n) is 5.89. The SMILES string of the molecule is Fc1cccc2c1CCC2Nc1ccnc(Cl)c1. The summed E-state index contributed by atoms with van der Waals surface area (Å²) in [6, 6.07) is 9.04. The maximum absolute atomic E-state index is 13.6. The lowest BCUT2D eigenvalue weighted by molar-refractivity contribution is 0.612. The smallest absolute Gasteiger partial charge is 0.131 e. The Morgan fingerprint density at radius 2 is 2.22 bits per heavy atom. The first-order chi connectivity index (χ1) is 8.74. The molecule has 0 saturated carbocycles. The van der Waals surface area contributed by atoms with E-state index >= 15 is 0 Å². The largest absolute Gasteiger partial charge is 0.378 e. The van der Waals surface area contributed by atoms with Gasteiger partial charge in [-0.05, 0) is 42.2 Å². The molecule has 0 fully saturated rings. The molecule has 0 spiro atoms. The van der Waals surface area contributed by atoms with Crippen LogP contribution in [0.25, 0.3) is 0 Å². The Bertz CT molecular complexity index is 586. The Hall–Kier alpha value is -1.61. The summed E-state index contributed by atoms with van der Waals surface area (Å²) in [6.07, 6.45) is 3.33. The van der Waals surface area contributed by atoms with Crippen molar-refractivity contribution in [1.82, 2.24) is 4.98 Å². The molecule has 3 rings (SSSR count). The van der Waals surface area contributed by atoms with Gasteiger partial charge >= 0.3 is 0 Å². The minimum Gasteiger partial charge on any atom is -0.378 e. The molecule has 0 aliphatic heterocycles. The number of nitrogens with one attached hydrogen (secondary N) is 1. The molecule has 0 radical (unpaired) electrons. The highest BCUT2D eigenvalue weighted by Crippen LogP contribution is 2.35. The van der Waals surface area contributed by atoms with Crippen molar-refractivity contribution < 1.29 is 4.39 Å². The third kappa shape index (κ3) is 2.06. The standard InChI is InChI=1S/C14H12ClFN2/c15-14-8-9(6-7-17-14)18-13-5-4-10-11(13)2-1-3-12(10)16/h1-3,6-8,13H,4-5H2,(H,17,18). The van der Waals surface area contributed by atoms with E-state index in [-0.39, 0.29) is 11.9 Å². The van der Waals surface area contributed by atoms with E-state index in [9.17, 15) is 4.39 Å². The molecule has 18 heavy (non-hydrogen) atoms. The van der Waals surface area contributed by atoms with Crippen LogP contribution in [0, 0.1) is 5.82 Å². The number of hydrogen-bond donors (Lipinski definition) is 1. The van der Waals surface area contributed by atoms with Gasteiger partial charge in [0.1, 0.15) is 11.0 Å². The number of hydrogen-bond acceptors (Lipinski definition) is 2. The number of anilines is 1. The average Bonchev–Trinajstić information content (AvgIpc) is 2.74. The number of benzene rings is 1. The lowest BCUT2D eigenvalue weighted by Gasteiger charge is -2.15. The molecule has 4 heteroatoms. The van der Waals surface area contributed by atoms with Crippen LogP contribution in [0.15, 0.2) is 36.5 Å². The second-order valence-electron chi connectivity index (χ2n) is 4.41. The molecule has 1 aromatic carbocycles. The predicted molar refractivity (Wildman–Crippen MR) is 70.3 cm³/mol. The zero-order valence-electron chi connectivity index (χ0n) is 9.66. The molecule has 1 atom stereocenters. The van der Waals surface area contributed by atoms with E-state index in [0.717, 1.165) is 29.7 Å². The van der Waals surface area contributed by atoms with Crippen LogP contribution in [0.2, 0.25) is 5.15 Å². The molecule has 1 unspecified atom stereocenters. The maximum Gasteiger partial charge on any atom is 0.131 e. The van der Waals surface area contributed by atoms with E-state index in [0.29, 0.717) is 5.15 Å². The average molecular weight is 263 g/mol. The van der Waals surface area contributed by atoms with E-state index in [2.05, 4.69) is 10.3 Å². The number of halogens is 2. The van der Waals surface area contributed by atoms with E-state index in [1.807, 2.05) is 12.1 Å². The third-order valence-corrected chi connectivity index (χ3v) is 3.49. The fraction of sp³-hybridized carbons (Fsp3) is 0.214. The minimum absolute atomic E-state index is 0.107. The summed E-state index contributed by atoms with van der Waals surface area (Å²) in [5.74, 6) is -0.107. The van der Waals surface area contributed by atoms with E-state index < -0.39 is 0 Å². The van der Waals surface area contributed by atoms with Crippen molar-refractivity contribution >= 4 is 17.3 Å². The second-order valence-corrected chi connectivity index (χ2v) is 4.80. The number of nitrogens with zero attached hydrogens (tertiary/aromatic N) is 1. The highest BCUT2D eigenvalue weighted by Gasteiger charge is 2.24. The lowest BCUT2D eigenvalue weighted by Crippen LogP contribution is -2.07. The molecule has 0 bridgehead atoms. The molecule has 1 aromatic heterocycles. The topological polar surface area (TPSA) is 24.9 Å². The summed E-state index contributed by atoms with van der Waals surface area (Å²) in [7, 11) is 0. The Morgan fingerprint density at radius 3 is 3.06 bits per heavy atom. The van der Waals surface area contributed by atoms with Gasteiger partial charge in [0.15, 0.2) is 0 Å². The van der Waals surface area contributed by atoms with Crippen LogP contribution in [-0.2, 0) is 6.42 Å². The number of rotatable bonds is 2. The molecule has 0 amide bonds. The fourth-order valence-electron chi connectivity index (χ4n) is 2.45. The van der Waals surface area contributed by atoms with E-state index in [4.69, 9.17) is 11.6 Å². The Kier molecular flexibility index (Phi) is 2.92. The summed E-state index contributed by atoms with van der Waals surface area (Å²) in [6.45, 7) is 0. The van der Waals surface area contributed by atoms with Crippen molar-refractivity contribution in [3.63, 3.8) is 0 Å². The molecule has 1 aliphatic rings. The van der Waals surface area contributed by atoms with Crippen molar-refractivity contribution in [3.8, 4) is 0 Å². The Morgan fingerprint density at radius 1 is 1.33 bits per heavy atom. The Balaban J connectivity index is 1.87. The molecular weight excluding hydrogens is 251 g/mol. The maximum atomic E-state index is 13.6. The van der Waals surface area contributed by atoms with Crippen LogP contribution in [0.3, 0.4) is 0 Å². The van der Waals surface area contributed by atoms with Gasteiger partial charge in [-0.1, -0.05) is 23.7 Å². The summed E-state index contributed by atoms with van der Waals surface area (Å²) in [5.41, 5.74) is 2.79. The van der Waals surface area contributed by atoms with Crippen LogP contribution in [-0.4, -0.2) is 4.98 Å².